The van der Waals surface area contributed by atoms with E-state index in [4.69, 9.17) is 9.97 Å². The lowest BCUT2D eigenvalue weighted by Gasteiger charge is -2.23. The molecule has 9 aromatic carbocycles. The van der Waals surface area contributed by atoms with Crippen LogP contribution in [-0.2, 0) is 5.41 Å². The number of nitrogens with zero attached hydrogens (tertiary/aromatic N) is 4. The van der Waals surface area contributed by atoms with Gasteiger partial charge in [-0.05, 0) is 70.8 Å². The molecule has 1 aliphatic carbocycles. The van der Waals surface area contributed by atoms with Crippen molar-refractivity contribution in [3.8, 4) is 67.5 Å². The Morgan fingerprint density at radius 3 is 1.58 bits per heavy atom. The molecule has 0 N–H and O–H groups in total. The predicted molar refractivity (Wildman–Crippen MR) is 270 cm³/mol. The van der Waals surface area contributed by atoms with Gasteiger partial charge >= 0.3 is 0 Å². The molecule has 0 aliphatic heterocycles. The first-order valence-corrected chi connectivity index (χ1v) is 22.4. The van der Waals surface area contributed by atoms with Gasteiger partial charge in [0.2, 0.25) is 0 Å². The molecule has 0 saturated carbocycles. The molecule has 0 saturated heterocycles. The van der Waals surface area contributed by atoms with Crippen molar-refractivity contribution in [3.63, 3.8) is 0 Å². The van der Waals surface area contributed by atoms with Crippen LogP contribution in [0.5, 0.6) is 0 Å². The van der Waals surface area contributed by atoms with Gasteiger partial charge in [0, 0.05) is 54.8 Å². The fraction of sp³-hybridized carbons (Fsp3) is 0.0492. The molecule has 3 heterocycles. The maximum Gasteiger partial charge on any atom is 0.160 e. The van der Waals surface area contributed by atoms with Crippen LogP contribution >= 0.6 is 0 Å². The Morgan fingerprint density at radius 1 is 0.354 bits per heavy atom. The van der Waals surface area contributed by atoms with E-state index in [1.165, 1.54) is 65.9 Å². The summed E-state index contributed by atoms with van der Waals surface area (Å²) < 4.78 is 4.96. The van der Waals surface area contributed by atoms with Gasteiger partial charge in [-0.3, -0.25) is 0 Å². The first kappa shape index (κ1) is 37.2. The average Bonchev–Trinajstić information content (AvgIpc) is 3.97. The molecule has 0 radical (unpaired) electrons. The van der Waals surface area contributed by atoms with Crippen LogP contribution in [0.1, 0.15) is 25.0 Å². The molecule has 4 heteroatoms. The third-order valence-electron chi connectivity index (χ3n) is 13.7. The Labute approximate surface area is 377 Å². The predicted octanol–water partition coefficient (Wildman–Crippen LogP) is 15.6. The van der Waals surface area contributed by atoms with Crippen molar-refractivity contribution in [2.75, 3.05) is 0 Å². The van der Waals surface area contributed by atoms with E-state index in [9.17, 15) is 0 Å². The van der Waals surface area contributed by atoms with Crippen molar-refractivity contribution in [2.24, 2.45) is 0 Å². The van der Waals surface area contributed by atoms with Crippen LogP contribution < -0.4 is 0 Å². The number of benzene rings is 9. The monoisotopic (exact) mass is 830 g/mol. The molecule has 0 bridgehead atoms. The third-order valence-corrected chi connectivity index (χ3v) is 13.7. The van der Waals surface area contributed by atoms with E-state index < -0.39 is 0 Å². The van der Waals surface area contributed by atoms with Gasteiger partial charge in [0.05, 0.1) is 44.8 Å². The minimum atomic E-state index is -0.184. The zero-order chi connectivity index (χ0) is 43.2. The molecule has 0 amide bonds. The zero-order valence-corrected chi connectivity index (χ0v) is 36.1. The Balaban J connectivity index is 1.13. The van der Waals surface area contributed by atoms with Gasteiger partial charge < -0.3 is 9.13 Å². The van der Waals surface area contributed by atoms with Crippen molar-refractivity contribution >= 4 is 43.6 Å². The average molecular weight is 831 g/mol. The topological polar surface area (TPSA) is 35.6 Å². The fourth-order valence-electron chi connectivity index (χ4n) is 10.8. The van der Waals surface area contributed by atoms with E-state index in [2.05, 4.69) is 217 Å². The maximum atomic E-state index is 5.33. The highest BCUT2D eigenvalue weighted by Gasteiger charge is 2.38. The second-order valence-corrected chi connectivity index (χ2v) is 17.7. The largest absolute Gasteiger partial charge is 0.309 e. The molecule has 12 aromatic rings. The zero-order valence-electron chi connectivity index (χ0n) is 36.1. The minimum Gasteiger partial charge on any atom is -0.309 e. The van der Waals surface area contributed by atoms with Crippen molar-refractivity contribution in [1.82, 2.24) is 19.1 Å². The Bertz CT molecular complexity index is 3740. The molecule has 65 heavy (non-hydrogen) atoms. The number of fused-ring (bicyclic) bond motifs is 10. The van der Waals surface area contributed by atoms with E-state index in [-0.39, 0.29) is 5.41 Å². The van der Waals surface area contributed by atoms with Crippen molar-refractivity contribution in [2.45, 2.75) is 19.3 Å². The normalized spacial score (nSPS) is 12.9. The molecule has 3 aromatic heterocycles. The van der Waals surface area contributed by atoms with Gasteiger partial charge in [-0.15, -0.1) is 0 Å². The summed E-state index contributed by atoms with van der Waals surface area (Å²) in [5.74, 6) is 0.693. The molecule has 0 fully saturated rings. The van der Waals surface area contributed by atoms with Crippen molar-refractivity contribution in [1.29, 1.82) is 0 Å². The van der Waals surface area contributed by atoms with Gasteiger partial charge in [0.15, 0.2) is 5.82 Å². The minimum absolute atomic E-state index is 0.184. The van der Waals surface area contributed by atoms with Gasteiger partial charge in [-0.1, -0.05) is 184 Å². The Morgan fingerprint density at radius 2 is 0.877 bits per heavy atom. The highest BCUT2D eigenvalue weighted by molar-refractivity contribution is 6.15. The first-order chi connectivity index (χ1) is 32.0. The summed E-state index contributed by atoms with van der Waals surface area (Å²) in [5.41, 5.74) is 19.1. The molecule has 1 aliphatic rings. The summed E-state index contributed by atoms with van der Waals surface area (Å²) in [6.07, 6.45) is 0. The summed E-state index contributed by atoms with van der Waals surface area (Å²) >= 11 is 0. The molecule has 4 nitrogen and oxygen atoms in total. The lowest BCUT2D eigenvalue weighted by Crippen LogP contribution is -2.15. The highest BCUT2D eigenvalue weighted by Crippen LogP contribution is 2.53. The van der Waals surface area contributed by atoms with E-state index in [1.54, 1.807) is 0 Å². The van der Waals surface area contributed by atoms with E-state index in [0.29, 0.717) is 5.82 Å². The maximum absolute atomic E-state index is 5.33. The molecule has 0 spiro atoms. The quantitative estimate of drug-likeness (QED) is 0.167. The Hall–Kier alpha value is -8.34. The lowest BCUT2D eigenvalue weighted by molar-refractivity contribution is 0.666. The summed E-state index contributed by atoms with van der Waals surface area (Å²) in [6, 6.07) is 78.9. The fourth-order valence-corrected chi connectivity index (χ4v) is 10.8. The molecule has 0 unspecified atom stereocenters. The van der Waals surface area contributed by atoms with Gasteiger partial charge in [-0.25, -0.2) is 9.97 Å². The standard InChI is InChI=1S/C61H42N4/c1-61(2)49-28-14-9-23-42(49)46-34-36-57-58(59(46)61)47-27-13-18-32-55(47)65(57)56-35-33-41(51-38-50(39-19-5-3-6-20-39)62-60(63-51)40-21-7-4-8-22-40)37-48(56)45-26-12-17-31-54(45)64-52-29-15-10-24-43(52)44-25-11-16-30-53(44)64/h3-38H,1-2H3. The number of hydrogen-bond acceptors (Lipinski definition) is 2. The SMILES string of the molecule is CC1(C)c2ccccc2-c2ccc3c(c21)c1ccccc1n3-c1ccc(-c2cc(-c3ccccc3)nc(-c3ccccc3)n2)cc1-c1ccccc1-n1c2ccccc2c2ccccc21. The van der Waals surface area contributed by atoms with Crippen LogP contribution in [0, 0.1) is 0 Å². The number of aromatic nitrogens is 4. The van der Waals surface area contributed by atoms with Gasteiger partial charge in [0.1, 0.15) is 0 Å². The summed E-state index contributed by atoms with van der Waals surface area (Å²) in [6.45, 7) is 4.78. The third kappa shape index (κ3) is 5.63. The van der Waals surface area contributed by atoms with E-state index in [0.717, 1.165) is 50.6 Å². The summed E-state index contributed by atoms with van der Waals surface area (Å²) in [7, 11) is 0. The van der Waals surface area contributed by atoms with Crippen LogP contribution in [0.3, 0.4) is 0 Å². The van der Waals surface area contributed by atoms with Gasteiger partial charge in [0.25, 0.3) is 0 Å². The molecule has 306 valence electrons. The number of rotatable bonds is 6. The van der Waals surface area contributed by atoms with Crippen LogP contribution in [0.15, 0.2) is 218 Å². The second-order valence-electron chi connectivity index (χ2n) is 17.7. The first-order valence-electron chi connectivity index (χ1n) is 22.4. The van der Waals surface area contributed by atoms with E-state index in [1.807, 2.05) is 24.3 Å². The second kappa shape index (κ2) is 14.3. The lowest BCUT2D eigenvalue weighted by atomic mass is 9.80. The van der Waals surface area contributed by atoms with Crippen LogP contribution in [0.2, 0.25) is 0 Å². The molecular weight excluding hydrogens is 789 g/mol. The number of hydrogen-bond donors (Lipinski definition) is 0. The molecule has 13 rings (SSSR count). The van der Waals surface area contributed by atoms with Crippen molar-refractivity contribution < 1.29 is 0 Å². The van der Waals surface area contributed by atoms with Crippen LogP contribution in [0.4, 0.5) is 0 Å². The summed E-state index contributed by atoms with van der Waals surface area (Å²) in [4.78, 5) is 10.5. The Kier molecular flexibility index (Phi) is 8.22. The molecular formula is C61H42N4. The van der Waals surface area contributed by atoms with Gasteiger partial charge in [-0.2, -0.15) is 0 Å². The van der Waals surface area contributed by atoms with Crippen LogP contribution in [-0.4, -0.2) is 19.1 Å². The highest BCUT2D eigenvalue weighted by atomic mass is 15.0. The summed E-state index contributed by atoms with van der Waals surface area (Å²) in [5, 5.41) is 5.02. The van der Waals surface area contributed by atoms with E-state index >= 15 is 0 Å². The van der Waals surface area contributed by atoms with Crippen LogP contribution in [0.25, 0.3) is 111 Å². The number of para-hydroxylation sites is 4. The molecule has 0 atom stereocenters. The smallest absolute Gasteiger partial charge is 0.160 e. The van der Waals surface area contributed by atoms with Crippen molar-refractivity contribution in [3.05, 3.63) is 230 Å².